The molecule has 0 amide bonds. The molecule has 1 unspecified atom stereocenters. The molecular formula is C17H25NO. The van der Waals surface area contributed by atoms with Gasteiger partial charge in [0.05, 0.1) is 6.21 Å². The fourth-order valence-electron chi connectivity index (χ4n) is 3.95. The summed E-state index contributed by atoms with van der Waals surface area (Å²) in [5, 5.41) is 12.1. The summed E-state index contributed by atoms with van der Waals surface area (Å²) in [5.41, 5.74) is 6.72. The number of hydrogen-bond acceptors (Lipinski definition) is 2. The number of hydrogen-bond donors (Lipinski definition) is 1. The highest BCUT2D eigenvalue weighted by Gasteiger charge is 2.49. The van der Waals surface area contributed by atoms with Gasteiger partial charge in [0, 0.05) is 5.56 Å². The predicted molar refractivity (Wildman–Crippen MR) is 80.5 cm³/mol. The van der Waals surface area contributed by atoms with Gasteiger partial charge in [-0.15, -0.1) is 0 Å². The van der Waals surface area contributed by atoms with Crippen LogP contribution in [-0.4, -0.2) is 11.4 Å². The maximum Gasteiger partial charge on any atom is 0.0739 e. The summed E-state index contributed by atoms with van der Waals surface area (Å²) in [6.07, 6.45) is 1.57. The van der Waals surface area contributed by atoms with Crippen molar-refractivity contribution in [3.63, 3.8) is 0 Å². The van der Waals surface area contributed by atoms with Crippen LogP contribution in [0.2, 0.25) is 0 Å². The van der Waals surface area contributed by atoms with E-state index in [1.165, 1.54) is 22.3 Å². The first-order chi connectivity index (χ1) is 8.65. The monoisotopic (exact) mass is 259 g/mol. The summed E-state index contributed by atoms with van der Waals surface area (Å²) in [4.78, 5) is 0. The van der Waals surface area contributed by atoms with Gasteiger partial charge in [0.15, 0.2) is 0 Å². The van der Waals surface area contributed by atoms with E-state index in [2.05, 4.69) is 59.7 Å². The summed E-state index contributed by atoms with van der Waals surface area (Å²) in [5.74, 6) is 0.578. The van der Waals surface area contributed by atoms with Crippen molar-refractivity contribution in [1.82, 2.24) is 0 Å². The molecule has 19 heavy (non-hydrogen) atoms. The second kappa shape index (κ2) is 4.09. The smallest absolute Gasteiger partial charge is 0.0739 e. The molecule has 2 heteroatoms. The van der Waals surface area contributed by atoms with Gasteiger partial charge in [-0.3, -0.25) is 0 Å². The van der Waals surface area contributed by atoms with Crippen LogP contribution in [0.15, 0.2) is 11.2 Å². The van der Waals surface area contributed by atoms with E-state index in [1.54, 1.807) is 6.21 Å². The molecule has 0 aromatic heterocycles. The van der Waals surface area contributed by atoms with Crippen LogP contribution in [0.25, 0.3) is 0 Å². The highest BCUT2D eigenvalue weighted by molar-refractivity contribution is 5.85. The predicted octanol–water partition coefficient (Wildman–Crippen LogP) is 4.32. The van der Waals surface area contributed by atoms with Crippen LogP contribution in [0.1, 0.15) is 62.4 Å². The largest absolute Gasteiger partial charge is 0.411 e. The van der Waals surface area contributed by atoms with Crippen molar-refractivity contribution < 1.29 is 5.21 Å². The van der Waals surface area contributed by atoms with Crippen LogP contribution < -0.4 is 0 Å². The molecule has 1 aliphatic carbocycles. The molecule has 1 atom stereocenters. The molecule has 0 heterocycles. The Labute approximate surface area is 116 Å². The third-order valence-electron chi connectivity index (χ3n) is 5.52. The van der Waals surface area contributed by atoms with E-state index in [4.69, 9.17) is 5.21 Å². The number of nitrogens with zero attached hydrogens (tertiary/aromatic N) is 1. The van der Waals surface area contributed by atoms with Gasteiger partial charge in [-0.25, -0.2) is 0 Å². The first-order valence-electron chi connectivity index (χ1n) is 6.98. The molecule has 1 aromatic rings. The lowest BCUT2D eigenvalue weighted by atomic mass is 9.71. The van der Waals surface area contributed by atoms with Crippen molar-refractivity contribution >= 4 is 6.21 Å². The first kappa shape index (κ1) is 14.1. The SMILES string of the molecule is Cc1cc2c(c(C)c1C=NO)C(C)(C)C(C)C2(C)C. The fraction of sp³-hybridized carbons (Fsp3) is 0.588. The molecule has 2 nitrogen and oxygen atoms in total. The van der Waals surface area contributed by atoms with Crippen molar-refractivity contribution in [2.24, 2.45) is 11.1 Å². The fourth-order valence-corrected chi connectivity index (χ4v) is 3.95. The molecule has 104 valence electrons. The Hall–Kier alpha value is -1.31. The number of fused-ring (bicyclic) bond motifs is 1. The van der Waals surface area contributed by atoms with E-state index >= 15 is 0 Å². The van der Waals surface area contributed by atoms with Gasteiger partial charge in [0.1, 0.15) is 0 Å². The first-order valence-corrected chi connectivity index (χ1v) is 6.98. The van der Waals surface area contributed by atoms with E-state index in [0.717, 1.165) is 5.56 Å². The Kier molecular flexibility index (Phi) is 3.04. The quantitative estimate of drug-likeness (QED) is 0.455. The summed E-state index contributed by atoms with van der Waals surface area (Å²) < 4.78 is 0. The molecule has 0 aliphatic heterocycles. The van der Waals surface area contributed by atoms with Gasteiger partial charge in [-0.2, -0.15) is 0 Å². The minimum absolute atomic E-state index is 0.147. The molecule has 0 fully saturated rings. The minimum Gasteiger partial charge on any atom is -0.411 e. The maximum atomic E-state index is 8.87. The third-order valence-corrected chi connectivity index (χ3v) is 5.52. The van der Waals surface area contributed by atoms with E-state index in [1.807, 2.05) is 0 Å². The summed E-state index contributed by atoms with van der Waals surface area (Å²) >= 11 is 0. The Balaban J connectivity index is 2.85. The zero-order chi connectivity index (χ0) is 14.6. The molecule has 0 saturated heterocycles. The van der Waals surface area contributed by atoms with E-state index < -0.39 is 0 Å². The van der Waals surface area contributed by atoms with Gasteiger partial charge in [0.2, 0.25) is 0 Å². The normalized spacial score (nSPS) is 23.8. The average Bonchev–Trinajstić information content (AvgIpc) is 2.43. The van der Waals surface area contributed by atoms with Crippen LogP contribution in [-0.2, 0) is 10.8 Å². The molecule has 0 radical (unpaired) electrons. The van der Waals surface area contributed by atoms with Gasteiger partial charge < -0.3 is 5.21 Å². The highest BCUT2D eigenvalue weighted by atomic mass is 16.4. The third kappa shape index (κ3) is 1.73. The zero-order valence-corrected chi connectivity index (χ0v) is 13.1. The standard InChI is InChI=1S/C17H25NO/c1-10-8-14-15(11(2)13(10)9-18-19)17(6,7)12(3)16(14,4)5/h8-9,12,19H,1-7H3. The Morgan fingerprint density at radius 3 is 2.26 bits per heavy atom. The molecule has 0 saturated carbocycles. The molecule has 2 rings (SSSR count). The molecule has 0 bridgehead atoms. The second-order valence-electron chi connectivity index (χ2n) is 7.06. The number of benzene rings is 1. The van der Waals surface area contributed by atoms with Gasteiger partial charge >= 0.3 is 0 Å². The maximum absolute atomic E-state index is 8.87. The van der Waals surface area contributed by atoms with Gasteiger partial charge in [-0.05, 0) is 52.8 Å². The van der Waals surface area contributed by atoms with Crippen LogP contribution in [0, 0.1) is 19.8 Å². The van der Waals surface area contributed by atoms with Crippen LogP contribution in [0.5, 0.6) is 0 Å². The van der Waals surface area contributed by atoms with Crippen molar-refractivity contribution in [2.75, 3.05) is 0 Å². The Bertz CT molecular complexity index is 553. The van der Waals surface area contributed by atoms with Crippen LogP contribution in [0.3, 0.4) is 0 Å². The summed E-state index contributed by atoms with van der Waals surface area (Å²) in [6.45, 7) is 15.9. The second-order valence-corrected chi connectivity index (χ2v) is 7.06. The molecule has 1 aromatic carbocycles. The van der Waals surface area contributed by atoms with Gasteiger partial charge in [-0.1, -0.05) is 45.8 Å². The van der Waals surface area contributed by atoms with Crippen molar-refractivity contribution in [1.29, 1.82) is 0 Å². The van der Waals surface area contributed by atoms with Crippen LogP contribution >= 0.6 is 0 Å². The van der Waals surface area contributed by atoms with Crippen molar-refractivity contribution in [2.45, 2.75) is 59.3 Å². The highest BCUT2D eigenvalue weighted by Crippen LogP contribution is 2.55. The lowest BCUT2D eigenvalue weighted by molar-refractivity contribution is 0.264. The minimum atomic E-state index is 0.147. The van der Waals surface area contributed by atoms with Gasteiger partial charge in [0.25, 0.3) is 0 Å². The van der Waals surface area contributed by atoms with E-state index in [9.17, 15) is 0 Å². The van der Waals surface area contributed by atoms with Crippen molar-refractivity contribution in [3.8, 4) is 0 Å². The van der Waals surface area contributed by atoms with Crippen LogP contribution in [0.4, 0.5) is 0 Å². The molecule has 1 N–H and O–H groups in total. The van der Waals surface area contributed by atoms with Crippen molar-refractivity contribution in [3.05, 3.63) is 33.9 Å². The summed E-state index contributed by atoms with van der Waals surface area (Å²) in [6, 6.07) is 2.28. The summed E-state index contributed by atoms with van der Waals surface area (Å²) in [7, 11) is 0. The average molecular weight is 259 g/mol. The molecular weight excluding hydrogens is 234 g/mol. The Morgan fingerprint density at radius 2 is 1.74 bits per heavy atom. The number of aryl methyl sites for hydroxylation is 1. The topological polar surface area (TPSA) is 32.6 Å². The lowest BCUT2D eigenvalue weighted by Crippen LogP contribution is -2.31. The lowest BCUT2D eigenvalue weighted by Gasteiger charge is -2.33. The number of oxime groups is 1. The molecule has 0 spiro atoms. The number of rotatable bonds is 1. The Morgan fingerprint density at radius 1 is 1.16 bits per heavy atom. The van der Waals surface area contributed by atoms with E-state index in [0.29, 0.717) is 5.92 Å². The zero-order valence-electron chi connectivity index (χ0n) is 13.1. The molecule has 1 aliphatic rings. The van der Waals surface area contributed by atoms with E-state index in [-0.39, 0.29) is 10.8 Å².